The van der Waals surface area contributed by atoms with Gasteiger partial charge in [-0.1, -0.05) is 18.2 Å². The minimum Gasteiger partial charge on any atom is -0.393 e. The van der Waals surface area contributed by atoms with Gasteiger partial charge >= 0.3 is 0 Å². The highest BCUT2D eigenvalue weighted by molar-refractivity contribution is 5.16. The summed E-state index contributed by atoms with van der Waals surface area (Å²) >= 11 is 0. The molecule has 0 aliphatic carbocycles. The van der Waals surface area contributed by atoms with Gasteiger partial charge in [0.2, 0.25) is 0 Å². The number of aliphatic hydroxyl groups is 1. The van der Waals surface area contributed by atoms with Crippen LogP contribution in [0.15, 0.2) is 36.9 Å². The molecule has 0 spiro atoms. The first-order valence-electron chi connectivity index (χ1n) is 4.76. The van der Waals surface area contributed by atoms with Gasteiger partial charge in [-0.15, -0.1) is 6.58 Å². The standard InChI is InChI=1S/C12H15FO/c1-2-3-7-12(14)9-10-5-4-6-11(13)8-10/h2,4-6,8,12,14H,1,3,7,9H2. The van der Waals surface area contributed by atoms with E-state index >= 15 is 0 Å². The second-order valence-electron chi connectivity index (χ2n) is 3.35. The summed E-state index contributed by atoms with van der Waals surface area (Å²) in [6.45, 7) is 3.58. The molecule has 76 valence electrons. The molecule has 0 fully saturated rings. The Morgan fingerprint density at radius 3 is 2.93 bits per heavy atom. The van der Waals surface area contributed by atoms with Crippen molar-refractivity contribution >= 4 is 0 Å². The third-order valence-electron chi connectivity index (χ3n) is 2.06. The zero-order valence-electron chi connectivity index (χ0n) is 8.12. The first kappa shape index (κ1) is 10.9. The van der Waals surface area contributed by atoms with Gasteiger partial charge < -0.3 is 5.11 Å². The number of hydrogen-bond acceptors (Lipinski definition) is 1. The van der Waals surface area contributed by atoms with Crippen molar-refractivity contribution in [2.24, 2.45) is 0 Å². The maximum Gasteiger partial charge on any atom is 0.123 e. The van der Waals surface area contributed by atoms with E-state index in [9.17, 15) is 9.50 Å². The molecule has 0 bridgehead atoms. The molecule has 0 heterocycles. The molecule has 0 saturated heterocycles. The topological polar surface area (TPSA) is 20.2 Å². The molecule has 1 atom stereocenters. The molecule has 1 rings (SSSR count). The third-order valence-corrected chi connectivity index (χ3v) is 2.06. The van der Waals surface area contributed by atoms with Crippen LogP contribution in [0.3, 0.4) is 0 Å². The zero-order valence-corrected chi connectivity index (χ0v) is 8.12. The van der Waals surface area contributed by atoms with Crippen LogP contribution >= 0.6 is 0 Å². The predicted molar refractivity (Wildman–Crippen MR) is 55.5 cm³/mol. The van der Waals surface area contributed by atoms with Crippen molar-refractivity contribution in [1.29, 1.82) is 0 Å². The molecule has 0 aliphatic heterocycles. The van der Waals surface area contributed by atoms with Crippen molar-refractivity contribution in [2.45, 2.75) is 25.4 Å². The number of rotatable bonds is 5. The van der Waals surface area contributed by atoms with Crippen LogP contribution in [-0.4, -0.2) is 11.2 Å². The van der Waals surface area contributed by atoms with E-state index in [1.165, 1.54) is 12.1 Å². The molecule has 1 nitrogen and oxygen atoms in total. The highest BCUT2D eigenvalue weighted by atomic mass is 19.1. The van der Waals surface area contributed by atoms with E-state index in [4.69, 9.17) is 0 Å². The quantitative estimate of drug-likeness (QED) is 0.714. The Morgan fingerprint density at radius 2 is 2.29 bits per heavy atom. The number of benzene rings is 1. The Labute approximate surface area is 83.9 Å². The highest BCUT2D eigenvalue weighted by Gasteiger charge is 2.04. The lowest BCUT2D eigenvalue weighted by atomic mass is 10.0. The summed E-state index contributed by atoms with van der Waals surface area (Å²) in [6.07, 6.45) is 3.34. The lowest BCUT2D eigenvalue weighted by Crippen LogP contribution is -2.09. The van der Waals surface area contributed by atoms with Gasteiger partial charge in [0.1, 0.15) is 5.82 Å². The largest absolute Gasteiger partial charge is 0.393 e. The van der Waals surface area contributed by atoms with E-state index < -0.39 is 6.10 Å². The first-order valence-corrected chi connectivity index (χ1v) is 4.76. The van der Waals surface area contributed by atoms with Crippen LogP contribution < -0.4 is 0 Å². The molecule has 1 aromatic rings. The molecule has 0 radical (unpaired) electrons. The average Bonchev–Trinajstić information content (AvgIpc) is 2.15. The fraction of sp³-hybridized carbons (Fsp3) is 0.333. The van der Waals surface area contributed by atoms with Crippen molar-refractivity contribution in [3.05, 3.63) is 48.3 Å². The molecule has 0 aromatic heterocycles. The van der Waals surface area contributed by atoms with Gasteiger partial charge in [-0.3, -0.25) is 0 Å². The van der Waals surface area contributed by atoms with Crippen molar-refractivity contribution in [3.63, 3.8) is 0 Å². The summed E-state index contributed by atoms with van der Waals surface area (Å²) in [5.41, 5.74) is 0.835. The molecule has 1 unspecified atom stereocenters. The smallest absolute Gasteiger partial charge is 0.123 e. The molecular weight excluding hydrogens is 179 g/mol. The van der Waals surface area contributed by atoms with Crippen LogP contribution in [0.1, 0.15) is 18.4 Å². The van der Waals surface area contributed by atoms with Gasteiger partial charge in [0.25, 0.3) is 0 Å². The van der Waals surface area contributed by atoms with Crippen LogP contribution in [0.5, 0.6) is 0 Å². The van der Waals surface area contributed by atoms with Gasteiger partial charge in [-0.2, -0.15) is 0 Å². The highest BCUT2D eigenvalue weighted by Crippen LogP contribution is 2.09. The van der Waals surface area contributed by atoms with E-state index in [2.05, 4.69) is 6.58 Å². The fourth-order valence-electron chi connectivity index (χ4n) is 1.35. The van der Waals surface area contributed by atoms with Crippen molar-refractivity contribution in [2.75, 3.05) is 0 Å². The van der Waals surface area contributed by atoms with Crippen molar-refractivity contribution in [3.8, 4) is 0 Å². The van der Waals surface area contributed by atoms with Gasteiger partial charge in [0.15, 0.2) is 0 Å². The molecule has 0 amide bonds. The number of hydrogen-bond donors (Lipinski definition) is 1. The fourth-order valence-corrected chi connectivity index (χ4v) is 1.35. The monoisotopic (exact) mass is 194 g/mol. The minimum absolute atomic E-state index is 0.251. The van der Waals surface area contributed by atoms with Gasteiger partial charge in [0, 0.05) is 0 Å². The first-order chi connectivity index (χ1) is 6.72. The van der Waals surface area contributed by atoms with Crippen LogP contribution in [0.2, 0.25) is 0 Å². The average molecular weight is 194 g/mol. The summed E-state index contributed by atoms with van der Waals surface area (Å²) in [4.78, 5) is 0. The van der Waals surface area contributed by atoms with Crippen molar-refractivity contribution in [1.82, 2.24) is 0 Å². The summed E-state index contributed by atoms with van der Waals surface area (Å²) in [7, 11) is 0. The molecule has 1 N–H and O–H groups in total. The molecular formula is C12H15FO. The van der Waals surface area contributed by atoms with Gasteiger partial charge in [-0.25, -0.2) is 4.39 Å². The van der Waals surface area contributed by atoms with Crippen LogP contribution in [0.25, 0.3) is 0 Å². The Kier molecular flexibility index (Phi) is 4.33. The SMILES string of the molecule is C=CCCC(O)Cc1cccc(F)c1. The summed E-state index contributed by atoms with van der Waals surface area (Å²) in [5, 5.41) is 9.55. The summed E-state index contributed by atoms with van der Waals surface area (Å²) < 4.78 is 12.8. The van der Waals surface area contributed by atoms with E-state index in [0.717, 1.165) is 12.0 Å². The molecule has 0 saturated carbocycles. The van der Waals surface area contributed by atoms with Crippen LogP contribution in [0, 0.1) is 5.82 Å². The van der Waals surface area contributed by atoms with Gasteiger partial charge in [-0.05, 0) is 37.0 Å². The van der Waals surface area contributed by atoms with E-state index in [1.807, 2.05) is 6.07 Å². The third kappa shape index (κ3) is 3.71. The molecule has 0 aliphatic rings. The Morgan fingerprint density at radius 1 is 1.50 bits per heavy atom. The predicted octanol–water partition coefficient (Wildman–Crippen LogP) is 2.70. The molecule has 14 heavy (non-hydrogen) atoms. The summed E-state index contributed by atoms with van der Waals surface area (Å²) in [5.74, 6) is -0.251. The minimum atomic E-state index is -0.408. The number of aliphatic hydroxyl groups excluding tert-OH is 1. The Bertz CT molecular complexity index is 296. The van der Waals surface area contributed by atoms with E-state index in [-0.39, 0.29) is 5.82 Å². The second-order valence-corrected chi connectivity index (χ2v) is 3.35. The maximum absolute atomic E-state index is 12.8. The van der Waals surface area contributed by atoms with Crippen LogP contribution in [0.4, 0.5) is 4.39 Å². The second kappa shape index (κ2) is 5.55. The maximum atomic E-state index is 12.8. The summed E-state index contributed by atoms with van der Waals surface area (Å²) in [6, 6.07) is 6.34. The van der Waals surface area contributed by atoms with Gasteiger partial charge in [0.05, 0.1) is 6.10 Å². The lowest BCUT2D eigenvalue weighted by Gasteiger charge is -2.08. The van der Waals surface area contributed by atoms with E-state index in [0.29, 0.717) is 12.8 Å². The molecule has 1 aromatic carbocycles. The zero-order chi connectivity index (χ0) is 10.4. The number of allylic oxidation sites excluding steroid dienone is 1. The van der Waals surface area contributed by atoms with E-state index in [1.54, 1.807) is 12.1 Å². The Balaban J connectivity index is 2.47. The molecule has 2 heteroatoms. The Hall–Kier alpha value is -1.15. The van der Waals surface area contributed by atoms with Crippen LogP contribution in [-0.2, 0) is 6.42 Å². The number of halogens is 1. The normalized spacial score (nSPS) is 12.4. The lowest BCUT2D eigenvalue weighted by molar-refractivity contribution is 0.166. The van der Waals surface area contributed by atoms with Crippen molar-refractivity contribution < 1.29 is 9.50 Å².